The fraction of sp³-hybridized carbons (Fsp3) is 0.885. The van der Waals surface area contributed by atoms with Crippen molar-refractivity contribution in [1.82, 2.24) is 20.9 Å². The van der Waals surface area contributed by atoms with Crippen LogP contribution in [0.25, 0.3) is 0 Å². The van der Waals surface area contributed by atoms with Crippen molar-refractivity contribution >= 4 is 23.6 Å². The Hall–Kier alpha value is -1.52. The fourth-order valence-electron chi connectivity index (χ4n) is 7.19. The zero-order valence-corrected chi connectivity index (χ0v) is 22.8. The third-order valence-corrected chi connectivity index (χ3v) is 10.7. The van der Waals surface area contributed by atoms with Gasteiger partial charge < -0.3 is 25.0 Å². The number of fused-ring (bicyclic) bond motifs is 1. The van der Waals surface area contributed by atoms with Crippen molar-refractivity contribution in [3.05, 3.63) is 0 Å². The molecular formula is C26H39F2N5O4S. The average Bonchev–Trinajstić information content (AvgIpc) is 3.43. The molecule has 9 unspecified atom stereocenters. The molecule has 212 valence electrons. The highest BCUT2D eigenvalue weighted by atomic mass is 32.2. The number of nitrogens with zero attached hydrogens (tertiary/aromatic N) is 2. The third kappa shape index (κ3) is 5.97. The molecule has 2 aliphatic carbocycles. The molecule has 3 saturated heterocycles. The Morgan fingerprint density at radius 3 is 2.63 bits per heavy atom. The highest BCUT2D eigenvalue weighted by Crippen LogP contribution is 2.42. The van der Waals surface area contributed by atoms with Crippen LogP contribution in [-0.4, -0.2) is 85.1 Å². The van der Waals surface area contributed by atoms with E-state index < -0.39 is 12.7 Å². The van der Waals surface area contributed by atoms with Crippen LogP contribution in [0.3, 0.4) is 0 Å². The summed E-state index contributed by atoms with van der Waals surface area (Å²) in [7, 11) is 1.73. The number of halogens is 2. The summed E-state index contributed by atoms with van der Waals surface area (Å²) in [6, 6.07) is 2.82. The number of hydrogen-bond donors (Lipinski definition) is 3. The standard InChI is InChI=1S/C26H39F2N5O4S/c1-13-5-17(18-6-14(9-29)3-4-21(18)36-2)19(10-30-13)23(34)32-26-31-20-11-33(12-22(20)38-26)24(35)15-7-16(8-15)37-25(27)28/h13-22,25-26,30-31H,3-8,10-12H2,1-2H3,(H,32,34). The van der Waals surface area contributed by atoms with Crippen molar-refractivity contribution in [3.63, 3.8) is 0 Å². The second-order valence-electron chi connectivity index (χ2n) is 11.7. The molecule has 0 spiro atoms. The van der Waals surface area contributed by atoms with Gasteiger partial charge in [0.05, 0.1) is 24.2 Å². The van der Waals surface area contributed by atoms with Crippen LogP contribution in [0.4, 0.5) is 8.78 Å². The Bertz CT molecular complexity index is 905. The van der Waals surface area contributed by atoms with Crippen molar-refractivity contribution in [2.45, 2.75) is 87.1 Å². The van der Waals surface area contributed by atoms with E-state index in [1.165, 1.54) is 0 Å². The lowest BCUT2D eigenvalue weighted by molar-refractivity contribution is -0.195. The number of nitriles is 1. The summed E-state index contributed by atoms with van der Waals surface area (Å²) in [4.78, 5) is 28.2. The average molecular weight is 556 g/mol. The summed E-state index contributed by atoms with van der Waals surface area (Å²) in [5.74, 6) is -0.0778. The van der Waals surface area contributed by atoms with Gasteiger partial charge in [0.25, 0.3) is 0 Å². The smallest absolute Gasteiger partial charge is 0.345 e. The first-order valence-electron chi connectivity index (χ1n) is 13.9. The first kappa shape index (κ1) is 28.0. The largest absolute Gasteiger partial charge is 0.381 e. The number of rotatable bonds is 7. The molecule has 38 heavy (non-hydrogen) atoms. The molecular weight excluding hydrogens is 516 g/mol. The van der Waals surface area contributed by atoms with Crippen molar-refractivity contribution in [3.8, 4) is 6.07 Å². The highest BCUT2D eigenvalue weighted by molar-refractivity contribution is 8.00. The van der Waals surface area contributed by atoms with E-state index in [1.54, 1.807) is 18.9 Å². The van der Waals surface area contributed by atoms with Gasteiger partial charge in [-0.05, 0) is 57.3 Å². The van der Waals surface area contributed by atoms with Crippen LogP contribution in [-0.2, 0) is 19.1 Å². The number of alkyl halides is 2. The van der Waals surface area contributed by atoms with E-state index in [0.717, 1.165) is 25.7 Å². The van der Waals surface area contributed by atoms with Crippen molar-refractivity contribution in [2.75, 3.05) is 26.7 Å². The molecule has 3 aliphatic heterocycles. The summed E-state index contributed by atoms with van der Waals surface area (Å²) < 4.78 is 35.0. The molecule has 0 aromatic carbocycles. The van der Waals surface area contributed by atoms with E-state index >= 15 is 0 Å². The molecule has 5 fully saturated rings. The van der Waals surface area contributed by atoms with Gasteiger partial charge in [-0.1, -0.05) is 0 Å². The highest BCUT2D eigenvalue weighted by Gasteiger charge is 2.48. The maximum atomic E-state index is 13.6. The van der Waals surface area contributed by atoms with Crippen molar-refractivity contribution in [1.29, 1.82) is 5.26 Å². The second-order valence-corrected chi connectivity index (χ2v) is 13.0. The third-order valence-electron chi connectivity index (χ3n) is 9.30. The molecule has 0 aromatic heterocycles. The number of likely N-dealkylation sites (tertiary alicyclic amines) is 1. The van der Waals surface area contributed by atoms with E-state index in [-0.39, 0.29) is 64.3 Å². The number of carbonyl (C=O) groups is 2. The van der Waals surface area contributed by atoms with Crippen molar-refractivity contribution in [2.24, 2.45) is 29.6 Å². The van der Waals surface area contributed by atoms with Gasteiger partial charge in [0.1, 0.15) is 5.50 Å². The minimum Gasteiger partial charge on any atom is -0.381 e. The molecule has 9 atom stereocenters. The van der Waals surface area contributed by atoms with Crippen LogP contribution in [0.5, 0.6) is 0 Å². The van der Waals surface area contributed by atoms with Crippen LogP contribution in [0.1, 0.15) is 45.4 Å². The molecule has 2 saturated carbocycles. The number of hydrogen-bond acceptors (Lipinski definition) is 8. The fourth-order valence-corrected chi connectivity index (χ4v) is 8.60. The summed E-state index contributed by atoms with van der Waals surface area (Å²) in [6.07, 6.45) is 3.59. The Morgan fingerprint density at radius 2 is 1.95 bits per heavy atom. The molecule has 5 rings (SSSR count). The topological polar surface area (TPSA) is 116 Å². The Balaban J connectivity index is 1.13. The number of piperidine rings is 1. The van der Waals surface area contributed by atoms with Gasteiger partial charge in [-0.25, -0.2) is 0 Å². The van der Waals surface area contributed by atoms with Crippen LogP contribution in [0, 0.1) is 40.9 Å². The molecule has 0 radical (unpaired) electrons. The number of thioether (sulfide) groups is 1. The van der Waals surface area contributed by atoms with Gasteiger partial charge >= 0.3 is 6.61 Å². The minimum absolute atomic E-state index is 0.0117. The van der Waals surface area contributed by atoms with Gasteiger partial charge in [-0.2, -0.15) is 14.0 Å². The van der Waals surface area contributed by atoms with Gasteiger partial charge in [-0.15, -0.1) is 11.8 Å². The van der Waals surface area contributed by atoms with Gasteiger partial charge in [-0.3, -0.25) is 14.9 Å². The SMILES string of the molecule is COC1CCC(C#N)CC1C1CC(C)NCC1C(=O)NC1NC2CN(C(=O)C3CC(OC(F)F)C3)CC2S1. The lowest BCUT2D eigenvalue weighted by Crippen LogP contribution is -2.55. The van der Waals surface area contributed by atoms with Gasteiger partial charge in [0.15, 0.2) is 0 Å². The number of nitrogens with one attached hydrogen (secondary N) is 3. The zero-order valence-electron chi connectivity index (χ0n) is 22.0. The number of carbonyl (C=O) groups excluding carboxylic acids is 2. The molecule has 0 bridgehead atoms. The van der Waals surface area contributed by atoms with E-state index in [9.17, 15) is 23.6 Å². The van der Waals surface area contributed by atoms with E-state index in [1.807, 2.05) is 4.90 Å². The summed E-state index contributed by atoms with van der Waals surface area (Å²) in [5.41, 5.74) is -0.223. The molecule has 2 amide bonds. The van der Waals surface area contributed by atoms with E-state index in [2.05, 4.69) is 33.7 Å². The molecule has 12 heteroatoms. The second kappa shape index (κ2) is 11.9. The maximum Gasteiger partial charge on any atom is 0.345 e. The first-order valence-corrected chi connectivity index (χ1v) is 14.8. The molecule has 3 N–H and O–H groups in total. The van der Waals surface area contributed by atoms with Crippen LogP contribution >= 0.6 is 11.8 Å². The molecule has 0 aromatic rings. The van der Waals surface area contributed by atoms with Crippen LogP contribution in [0.2, 0.25) is 0 Å². The number of amides is 2. The minimum atomic E-state index is -2.79. The Kier molecular flexibility index (Phi) is 8.79. The molecule has 9 nitrogen and oxygen atoms in total. The van der Waals surface area contributed by atoms with Crippen molar-refractivity contribution < 1.29 is 27.8 Å². The predicted molar refractivity (Wildman–Crippen MR) is 137 cm³/mol. The number of methoxy groups -OCH3 is 1. The molecule has 5 aliphatic rings. The summed E-state index contributed by atoms with van der Waals surface area (Å²) >= 11 is 1.64. The Labute approximate surface area is 227 Å². The predicted octanol–water partition coefficient (Wildman–Crippen LogP) is 1.89. The number of ether oxygens (including phenoxy) is 2. The van der Waals surface area contributed by atoms with Crippen LogP contribution < -0.4 is 16.0 Å². The van der Waals surface area contributed by atoms with Gasteiger partial charge in [0, 0.05) is 55.9 Å². The van der Waals surface area contributed by atoms with Gasteiger partial charge in [0.2, 0.25) is 11.8 Å². The van der Waals surface area contributed by atoms with E-state index in [4.69, 9.17) is 4.74 Å². The Morgan fingerprint density at radius 1 is 1.16 bits per heavy atom. The zero-order chi connectivity index (χ0) is 27.0. The summed E-state index contributed by atoms with van der Waals surface area (Å²) in [5, 5.41) is 19.9. The summed E-state index contributed by atoms with van der Waals surface area (Å²) in [6.45, 7) is 1.09. The quantitative estimate of drug-likeness (QED) is 0.436. The lowest BCUT2D eigenvalue weighted by atomic mass is 9.66. The lowest BCUT2D eigenvalue weighted by Gasteiger charge is -2.44. The first-order chi connectivity index (χ1) is 18.2. The van der Waals surface area contributed by atoms with Crippen LogP contribution in [0.15, 0.2) is 0 Å². The monoisotopic (exact) mass is 555 g/mol. The maximum absolute atomic E-state index is 13.6. The molecule has 3 heterocycles. The van der Waals surface area contributed by atoms with E-state index in [0.29, 0.717) is 38.5 Å². The normalized spacial score (nSPS) is 42.8.